The summed E-state index contributed by atoms with van der Waals surface area (Å²) < 4.78 is 0. The fourth-order valence-electron chi connectivity index (χ4n) is 2.22. The molecule has 0 saturated carbocycles. The summed E-state index contributed by atoms with van der Waals surface area (Å²) >= 11 is 4.28. The second-order valence-electron chi connectivity index (χ2n) is 4.61. The molecule has 0 spiro atoms. The first-order chi connectivity index (χ1) is 9.22. The lowest BCUT2D eigenvalue weighted by Gasteiger charge is -2.26. The maximum absolute atomic E-state index is 5.94. The van der Waals surface area contributed by atoms with Gasteiger partial charge in [-0.25, -0.2) is 15.0 Å². The topological polar surface area (TPSA) is 80.0 Å². The van der Waals surface area contributed by atoms with E-state index in [1.807, 2.05) is 6.07 Å². The average Bonchev–Trinajstić information content (AvgIpc) is 2.39. The molecule has 0 bridgehead atoms. The fraction of sp³-hybridized carbons (Fsp3) is 0.417. The van der Waals surface area contributed by atoms with Gasteiger partial charge in [-0.2, -0.15) is 0 Å². The number of anilines is 1. The van der Waals surface area contributed by atoms with Crippen LogP contribution in [0.5, 0.6) is 0 Å². The third-order valence-electron chi connectivity index (χ3n) is 3.17. The zero-order chi connectivity index (χ0) is 13.2. The Kier molecular flexibility index (Phi) is 3.50. The van der Waals surface area contributed by atoms with Crippen LogP contribution in [-0.4, -0.2) is 46.0 Å². The van der Waals surface area contributed by atoms with E-state index in [2.05, 4.69) is 37.8 Å². The highest BCUT2D eigenvalue weighted by Crippen LogP contribution is 2.18. The number of pyridine rings is 1. The number of hydrogen-bond acceptors (Lipinski definition) is 7. The van der Waals surface area contributed by atoms with Gasteiger partial charge in [0, 0.05) is 37.3 Å². The van der Waals surface area contributed by atoms with E-state index in [-0.39, 0.29) is 0 Å². The summed E-state index contributed by atoms with van der Waals surface area (Å²) in [6, 6.07) is 1.87. The van der Waals surface area contributed by atoms with E-state index in [1.165, 1.54) is 0 Å². The Labute approximate surface area is 116 Å². The molecule has 1 saturated heterocycles. The van der Waals surface area contributed by atoms with E-state index in [9.17, 15) is 0 Å². The summed E-state index contributed by atoms with van der Waals surface area (Å²) in [5.74, 6) is 1.18. The second-order valence-corrected chi connectivity index (χ2v) is 5.13. The predicted molar refractivity (Wildman–Crippen MR) is 77.1 cm³/mol. The van der Waals surface area contributed by atoms with Crippen LogP contribution in [0.15, 0.2) is 17.2 Å². The molecule has 0 radical (unpaired) electrons. The van der Waals surface area contributed by atoms with E-state index >= 15 is 0 Å². The molecule has 1 aliphatic rings. The van der Waals surface area contributed by atoms with Crippen LogP contribution in [0.1, 0.15) is 5.82 Å². The molecule has 0 unspecified atom stereocenters. The van der Waals surface area contributed by atoms with Crippen LogP contribution in [-0.2, 0) is 6.54 Å². The van der Waals surface area contributed by atoms with Crippen molar-refractivity contribution in [3.05, 3.63) is 18.1 Å². The summed E-state index contributed by atoms with van der Waals surface area (Å²) in [5.41, 5.74) is 7.34. The molecule has 6 nitrogen and oxygen atoms in total. The number of piperazine rings is 1. The zero-order valence-corrected chi connectivity index (χ0v) is 11.4. The Balaban J connectivity index is 1.91. The number of fused-ring (bicyclic) bond motifs is 1. The van der Waals surface area contributed by atoms with Crippen LogP contribution >= 0.6 is 12.6 Å². The van der Waals surface area contributed by atoms with Crippen molar-refractivity contribution in [1.29, 1.82) is 0 Å². The number of nitrogen functional groups attached to an aromatic ring is 1. The van der Waals surface area contributed by atoms with Gasteiger partial charge in [-0.1, -0.05) is 0 Å². The lowest BCUT2D eigenvalue weighted by atomic mass is 10.3. The van der Waals surface area contributed by atoms with E-state index in [1.54, 1.807) is 6.20 Å². The highest BCUT2D eigenvalue weighted by atomic mass is 32.1. The average molecular weight is 276 g/mol. The van der Waals surface area contributed by atoms with Crippen LogP contribution in [0.4, 0.5) is 5.82 Å². The number of nitrogens with zero attached hydrogens (tertiary/aromatic N) is 4. The quantitative estimate of drug-likeness (QED) is 0.685. The first-order valence-electron chi connectivity index (χ1n) is 6.26. The maximum Gasteiger partial charge on any atom is 0.153 e. The van der Waals surface area contributed by atoms with Crippen molar-refractivity contribution in [2.75, 3.05) is 31.9 Å². The van der Waals surface area contributed by atoms with E-state index in [4.69, 9.17) is 5.73 Å². The first-order valence-corrected chi connectivity index (χ1v) is 6.71. The first kappa shape index (κ1) is 12.6. The minimum atomic E-state index is 0.434. The lowest BCUT2D eigenvalue weighted by Crippen LogP contribution is -2.43. The van der Waals surface area contributed by atoms with Crippen LogP contribution in [0, 0.1) is 0 Å². The third-order valence-corrected chi connectivity index (χ3v) is 3.41. The molecule has 1 fully saturated rings. The summed E-state index contributed by atoms with van der Waals surface area (Å²) in [6.07, 6.45) is 1.65. The monoisotopic (exact) mass is 276 g/mol. The predicted octanol–water partition coefficient (Wildman–Crippen LogP) is 0.301. The number of rotatable bonds is 2. The smallest absolute Gasteiger partial charge is 0.153 e. The van der Waals surface area contributed by atoms with Crippen molar-refractivity contribution >= 4 is 29.5 Å². The van der Waals surface area contributed by atoms with Gasteiger partial charge in [0.2, 0.25) is 0 Å². The number of hydrogen-bond donors (Lipinski definition) is 3. The fourth-order valence-corrected chi connectivity index (χ4v) is 2.40. The standard InChI is InChI=1S/C12H16N6S/c13-12-11-9(5-8(19)6-15-11)16-10(17-12)7-18-3-1-14-2-4-18/h5-6,14,19H,1-4,7H2,(H2,13,16,17). The molecule has 2 aromatic heterocycles. The molecule has 0 aromatic carbocycles. The Hall–Kier alpha value is -1.44. The summed E-state index contributed by atoms with van der Waals surface area (Å²) in [4.78, 5) is 16.2. The Bertz CT molecular complexity index is 596. The number of thiol groups is 1. The highest BCUT2D eigenvalue weighted by molar-refractivity contribution is 7.80. The number of nitrogens with one attached hydrogen (secondary N) is 1. The van der Waals surface area contributed by atoms with E-state index in [0.29, 0.717) is 11.3 Å². The van der Waals surface area contributed by atoms with Crippen molar-refractivity contribution in [1.82, 2.24) is 25.2 Å². The number of nitrogens with two attached hydrogens (primary N) is 1. The Morgan fingerprint density at radius 1 is 1.32 bits per heavy atom. The zero-order valence-electron chi connectivity index (χ0n) is 10.5. The summed E-state index contributed by atoms with van der Waals surface area (Å²) in [6.45, 7) is 4.74. The largest absolute Gasteiger partial charge is 0.382 e. The highest BCUT2D eigenvalue weighted by Gasteiger charge is 2.13. The summed E-state index contributed by atoms with van der Waals surface area (Å²) in [7, 11) is 0. The van der Waals surface area contributed by atoms with Crippen molar-refractivity contribution in [3.63, 3.8) is 0 Å². The molecule has 100 valence electrons. The van der Waals surface area contributed by atoms with Crippen molar-refractivity contribution < 1.29 is 0 Å². The molecular weight excluding hydrogens is 260 g/mol. The van der Waals surface area contributed by atoms with Gasteiger partial charge < -0.3 is 11.1 Å². The maximum atomic E-state index is 5.94. The van der Waals surface area contributed by atoms with Crippen LogP contribution in [0.2, 0.25) is 0 Å². The molecule has 1 aliphatic heterocycles. The Morgan fingerprint density at radius 2 is 2.11 bits per heavy atom. The van der Waals surface area contributed by atoms with Crippen molar-refractivity contribution in [2.24, 2.45) is 0 Å². The third kappa shape index (κ3) is 2.78. The van der Waals surface area contributed by atoms with Gasteiger partial charge in [-0.05, 0) is 6.07 Å². The van der Waals surface area contributed by atoms with Crippen LogP contribution in [0.3, 0.4) is 0 Å². The van der Waals surface area contributed by atoms with Gasteiger partial charge in [0.25, 0.3) is 0 Å². The molecule has 7 heteroatoms. The minimum Gasteiger partial charge on any atom is -0.382 e. The molecule has 3 N–H and O–H groups in total. The molecule has 0 atom stereocenters. The molecule has 2 aromatic rings. The molecule has 19 heavy (non-hydrogen) atoms. The van der Waals surface area contributed by atoms with Gasteiger partial charge in [-0.15, -0.1) is 12.6 Å². The molecule has 3 rings (SSSR count). The minimum absolute atomic E-state index is 0.434. The molecule has 0 amide bonds. The SMILES string of the molecule is Nc1nc(CN2CCNCC2)nc2cc(S)cnc12. The van der Waals surface area contributed by atoms with Crippen molar-refractivity contribution in [3.8, 4) is 0 Å². The Morgan fingerprint density at radius 3 is 2.89 bits per heavy atom. The van der Waals surface area contributed by atoms with Gasteiger partial charge in [0.1, 0.15) is 11.3 Å². The second kappa shape index (κ2) is 5.28. The molecular formula is C12H16N6S. The van der Waals surface area contributed by atoms with Gasteiger partial charge in [0.05, 0.1) is 12.1 Å². The van der Waals surface area contributed by atoms with Crippen molar-refractivity contribution in [2.45, 2.75) is 11.4 Å². The van der Waals surface area contributed by atoms with Gasteiger partial charge in [0.15, 0.2) is 5.82 Å². The lowest BCUT2D eigenvalue weighted by molar-refractivity contribution is 0.228. The van der Waals surface area contributed by atoms with E-state index < -0.39 is 0 Å². The molecule has 0 aliphatic carbocycles. The van der Waals surface area contributed by atoms with Gasteiger partial charge >= 0.3 is 0 Å². The molecule has 3 heterocycles. The van der Waals surface area contributed by atoms with Crippen LogP contribution < -0.4 is 11.1 Å². The van der Waals surface area contributed by atoms with Gasteiger partial charge in [-0.3, -0.25) is 4.90 Å². The number of aromatic nitrogens is 3. The van der Waals surface area contributed by atoms with Crippen LogP contribution in [0.25, 0.3) is 11.0 Å². The van der Waals surface area contributed by atoms with E-state index in [0.717, 1.165) is 49.0 Å². The normalized spacial score (nSPS) is 16.9. The summed E-state index contributed by atoms with van der Waals surface area (Å²) in [5, 5.41) is 3.32.